The lowest BCUT2D eigenvalue weighted by molar-refractivity contribution is -0.906. The molecule has 0 radical (unpaired) electrons. The predicted molar refractivity (Wildman–Crippen MR) is 150 cm³/mol. The van der Waals surface area contributed by atoms with Gasteiger partial charge in [0.1, 0.15) is 31.4 Å². The topological polar surface area (TPSA) is 35.5 Å². The first-order valence-corrected chi connectivity index (χ1v) is 14.2. The molecule has 4 nitrogen and oxygen atoms in total. The molecule has 4 heteroatoms. The Morgan fingerprint density at radius 2 is 1.44 bits per heavy atom. The minimum absolute atomic E-state index is 0.113. The second-order valence-electron chi connectivity index (χ2n) is 10.7. The van der Waals surface area contributed by atoms with E-state index in [1.54, 1.807) is 0 Å². The number of ether oxygens (including phenoxy) is 2. The second kappa shape index (κ2) is 17.2. The van der Waals surface area contributed by atoms with Crippen molar-refractivity contribution in [3.63, 3.8) is 0 Å². The molecule has 2 aromatic carbocycles. The summed E-state index contributed by atoms with van der Waals surface area (Å²) >= 11 is 0. The molecular formula is C32H50NO3+. The van der Waals surface area contributed by atoms with Crippen LogP contribution < -0.4 is 4.74 Å². The summed E-state index contributed by atoms with van der Waals surface area (Å²) in [5.74, 6) is 0.690. The Morgan fingerprint density at radius 1 is 0.806 bits per heavy atom. The molecule has 0 aliphatic heterocycles. The van der Waals surface area contributed by atoms with Gasteiger partial charge in [-0.3, -0.25) is 4.79 Å². The highest BCUT2D eigenvalue weighted by atomic mass is 16.6. The highest BCUT2D eigenvalue weighted by Crippen LogP contribution is 2.21. The van der Waals surface area contributed by atoms with Crippen LogP contribution >= 0.6 is 0 Å². The molecule has 0 spiro atoms. The van der Waals surface area contributed by atoms with Gasteiger partial charge in [0.25, 0.3) is 0 Å². The predicted octanol–water partition coefficient (Wildman–Crippen LogP) is 7.59. The van der Waals surface area contributed by atoms with Crippen LogP contribution in [-0.2, 0) is 22.5 Å². The molecule has 0 aliphatic rings. The molecule has 0 fully saturated rings. The minimum Gasteiger partial charge on any atom is -0.490 e. The van der Waals surface area contributed by atoms with Crippen LogP contribution in [0.5, 0.6) is 5.75 Å². The molecule has 0 bridgehead atoms. The molecule has 0 aliphatic carbocycles. The summed E-state index contributed by atoms with van der Waals surface area (Å²) in [6, 6.07) is 18.7. The Hall–Kier alpha value is -2.33. The molecule has 0 aromatic heterocycles. The molecule has 200 valence electrons. The lowest BCUT2D eigenvalue weighted by atomic mass is 10.0. The van der Waals surface area contributed by atoms with Crippen LogP contribution in [0, 0.1) is 5.92 Å². The van der Waals surface area contributed by atoms with Crippen molar-refractivity contribution in [1.82, 2.24) is 0 Å². The molecule has 0 amide bonds. The van der Waals surface area contributed by atoms with Crippen LogP contribution in [0.1, 0.15) is 82.8 Å². The van der Waals surface area contributed by atoms with E-state index >= 15 is 0 Å². The van der Waals surface area contributed by atoms with Crippen LogP contribution in [0.3, 0.4) is 0 Å². The van der Waals surface area contributed by atoms with Crippen molar-refractivity contribution in [2.45, 2.75) is 84.6 Å². The van der Waals surface area contributed by atoms with Gasteiger partial charge in [0.2, 0.25) is 0 Å². The Balaban J connectivity index is 1.70. The first kappa shape index (κ1) is 29.9. The number of hydrogen-bond donors (Lipinski definition) is 0. The number of nitrogens with zero attached hydrogens (tertiary/aromatic N) is 1. The number of para-hydroxylation sites is 1. The van der Waals surface area contributed by atoms with Gasteiger partial charge in [-0.25, -0.2) is 0 Å². The average molecular weight is 497 g/mol. The number of carbonyl (C=O) groups excluding carboxylic acids is 1. The van der Waals surface area contributed by atoms with E-state index in [0.29, 0.717) is 6.61 Å². The Morgan fingerprint density at radius 3 is 2.14 bits per heavy atom. The van der Waals surface area contributed by atoms with Gasteiger partial charge in [-0.15, -0.1) is 0 Å². The van der Waals surface area contributed by atoms with Crippen LogP contribution in [-0.4, -0.2) is 44.3 Å². The van der Waals surface area contributed by atoms with Crippen molar-refractivity contribution in [3.8, 4) is 5.75 Å². The zero-order valence-electron chi connectivity index (χ0n) is 23.3. The maximum absolute atomic E-state index is 12.8. The first-order chi connectivity index (χ1) is 17.4. The number of carbonyl (C=O) groups is 1. The maximum Gasteiger partial charge on any atom is 0.314 e. The van der Waals surface area contributed by atoms with E-state index < -0.39 is 0 Å². The quantitative estimate of drug-likeness (QED) is 0.114. The third-order valence-corrected chi connectivity index (χ3v) is 6.85. The zero-order valence-corrected chi connectivity index (χ0v) is 23.3. The maximum atomic E-state index is 12.8. The summed E-state index contributed by atoms with van der Waals surface area (Å²) in [4.78, 5) is 12.8. The summed E-state index contributed by atoms with van der Waals surface area (Å²) < 4.78 is 12.4. The molecule has 2 aromatic rings. The molecular weight excluding hydrogens is 446 g/mol. The van der Waals surface area contributed by atoms with Crippen molar-refractivity contribution in [2.24, 2.45) is 5.92 Å². The highest BCUT2D eigenvalue weighted by Gasteiger charge is 2.28. The van der Waals surface area contributed by atoms with E-state index in [1.807, 2.05) is 18.2 Å². The van der Waals surface area contributed by atoms with Crippen molar-refractivity contribution in [1.29, 1.82) is 0 Å². The molecule has 1 atom stereocenters. The van der Waals surface area contributed by atoms with Gasteiger partial charge < -0.3 is 14.0 Å². The van der Waals surface area contributed by atoms with Crippen molar-refractivity contribution in [3.05, 3.63) is 65.7 Å². The zero-order chi connectivity index (χ0) is 26.1. The van der Waals surface area contributed by atoms with Gasteiger partial charge in [0.05, 0.1) is 20.6 Å². The molecule has 2 rings (SSSR count). The molecule has 1 unspecified atom stereocenters. The first-order valence-electron chi connectivity index (χ1n) is 14.2. The SMILES string of the molecule is CCCCCCCCCCc1ccccc1OCCOC(=O)C(CC)C[N+](C)(C)Cc1ccccc1. The number of unbranched alkanes of at least 4 members (excludes halogenated alkanes) is 7. The molecule has 0 heterocycles. The van der Waals surface area contributed by atoms with E-state index in [-0.39, 0.29) is 18.5 Å². The van der Waals surface area contributed by atoms with Crippen LogP contribution in [0.25, 0.3) is 0 Å². The monoisotopic (exact) mass is 496 g/mol. The van der Waals surface area contributed by atoms with E-state index in [2.05, 4.69) is 64.3 Å². The number of esters is 1. The minimum atomic E-state index is -0.118. The summed E-state index contributed by atoms with van der Waals surface area (Å²) in [5, 5.41) is 0. The van der Waals surface area contributed by atoms with Gasteiger partial charge in [-0.2, -0.15) is 0 Å². The van der Waals surface area contributed by atoms with Gasteiger partial charge >= 0.3 is 5.97 Å². The second-order valence-corrected chi connectivity index (χ2v) is 10.7. The Bertz CT molecular complexity index is 849. The average Bonchev–Trinajstić information content (AvgIpc) is 2.87. The summed E-state index contributed by atoms with van der Waals surface area (Å²) in [7, 11) is 4.35. The fourth-order valence-corrected chi connectivity index (χ4v) is 4.82. The van der Waals surface area contributed by atoms with Crippen LogP contribution in [0.4, 0.5) is 0 Å². The molecule has 0 saturated heterocycles. The number of aryl methyl sites for hydroxylation is 1. The van der Waals surface area contributed by atoms with Crippen LogP contribution in [0.2, 0.25) is 0 Å². The van der Waals surface area contributed by atoms with Gasteiger partial charge in [-0.05, 0) is 30.9 Å². The fourth-order valence-electron chi connectivity index (χ4n) is 4.82. The number of benzene rings is 2. The van der Waals surface area contributed by atoms with E-state index in [1.165, 1.54) is 62.5 Å². The number of quaternary nitrogens is 1. The fraction of sp³-hybridized carbons (Fsp3) is 0.594. The van der Waals surface area contributed by atoms with Crippen molar-refractivity contribution >= 4 is 5.97 Å². The highest BCUT2D eigenvalue weighted by molar-refractivity contribution is 5.72. The van der Waals surface area contributed by atoms with E-state index in [0.717, 1.165) is 36.2 Å². The third-order valence-electron chi connectivity index (χ3n) is 6.85. The molecule has 0 saturated carbocycles. The van der Waals surface area contributed by atoms with Crippen molar-refractivity contribution < 1.29 is 18.8 Å². The van der Waals surface area contributed by atoms with E-state index in [4.69, 9.17) is 9.47 Å². The lowest BCUT2D eigenvalue weighted by Gasteiger charge is -2.32. The smallest absolute Gasteiger partial charge is 0.314 e. The molecule has 36 heavy (non-hydrogen) atoms. The number of rotatable bonds is 19. The normalized spacial score (nSPS) is 12.3. The summed E-state index contributed by atoms with van der Waals surface area (Å²) in [5.41, 5.74) is 2.53. The molecule has 0 N–H and O–H groups in total. The third kappa shape index (κ3) is 12.1. The summed E-state index contributed by atoms with van der Waals surface area (Å²) in [6.07, 6.45) is 12.4. The largest absolute Gasteiger partial charge is 0.490 e. The van der Waals surface area contributed by atoms with Crippen molar-refractivity contribution in [2.75, 3.05) is 33.9 Å². The van der Waals surface area contributed by atoms with Gasteiger partial charge in [0.15, 0.2) is 0 Å². The van der Waals surface area contributed by atoms with Crippen LogP contribution in [0.15, 0.2) is 54.6 Å². The Labute approximate surface area is 220 Å². The summed E-state index contributed by atoms with van der Waals surface area (Å²) in [6.45, 7) is 6.65. The van der Waals surface area contributed by atoms with E-state index in [9.17, 15) is 4.79 Å². The number of hydrogen-bond acceptors (Lipinski definition) is 3. The Kier molecular flexibility index (Phi) is 14.3. The van der Waals surface area contributed by atoms with Gasteiger partial charge in [-0.1, -0.05) is 107 Å². The standard InChI is InChI=1S/C32H50NO3/c1-5-7-8-9-10-11-12-16-21-30-22-17-18-23-31(30)35-24-25-36-32(34)29(6-2)27-33(3,4)26-28-19-14-13-15-20-28/h13-15,17-20,22-23,29H,5-12,16,21,24-27H2,1-4H3/q+1. The lowest BCUT2D eigenvalue weighted by Crippen LogP contribution is -2.44. The van der Waals surface area contributed by atoms with Gasteiger partial charge in [0, 0.05) is 5.56 Å².